The molecule has 3 heteroatoms. The lowest BCUT2D eigenvalue weighted by Gasteiger charge is -2.04. The van der Waals surface area contributed by atoms with Crippen LogP contribution >= 0.6 is 11.3 Å². The number of rotatable bonds is 4. The second-order valence-corrected chi connectivity index (χ2v) is 4.16. The van der Waals surface area contributed by atoms with E-state index in [-0.39, 0.29) is 0 Å². The molecule has 0 aliphatic heterocycles. The first kappa shape index (κ1) is 9.68. The van der Waals surface area contributed by atoms with E-state index in [9.17, 15) is 0 Å². The monoisotopic (exact) mass is 184 g/mol. The fourth-order valence-electron chi connectivity index (χ4n) is 1.06. The summed E-state index contributed by atoms with van der Waals surface area (Å²) in [4.78, 5) is 6.66. The minimum Gasteiger partial charge on any atom is -0.303 e. The van der Waals surface area contributed by atoms with Crippen molar-refractivity contribution in [3.63, 3.8) is 0 Å². The van der Waals surface area contributed by atoms with Crippen LogP contribution in [0.2, 0.25) is 0 Å². The van der Waals surface area contributed by atoms with Gasteiger partial charge in [-0.15, -0.1) is 11.3 Å². The molecule has 0 radical (unpaired) electrons. The molecule has 0 spiro atoms. The average Bonchev–Trinajstić information content (AvgIpc) is 2.36. The molecule has 2 nitrogen and oxygen atoms in total. The van der Waals surface area contributed by atoms with Gasteiger partial charge < -0.3 is 4.90 Å². The molecule has 0 amide bonds. The molecule has 0 fully saturated rings. The van der Waals surface area contributed by atoms with Gasteiger partial charge in [0.15, 0.2) is 0 Å². The van der Waals surface area contributed by atoms with Gasteiger partial charge in [0.25, 0.3) is 0 Å². The lowest BCUT2D eigenvalue weighted by Crippen LogP contribution is -2.10. The van der Waals surface area contributed by atoms with Crippen LogP contribution in [-0.4, -0.2) is 24.0 Å². The molecule has 0 saturated heterocycles. The molecular formula is C9H16N2S. The quantitative estimate of drug-likeness (QED) is 0.713. The lowest BCUT2D eigenvalue weighted by molar-refractivity contribution is 0.401. The highest BCUT2D eigenvalue weighted by Crippen LogP contribution is 2.12. The van der Waals surface area contributed by atoms with Gasteiger partial charge >= 0.3 is 0 Å². The number of aromatic nitrogens is 1. The Kier molecular flexibility index (Phi) is 3.69. The predicted molar refractivity (Wildman–Crippen MR) is 53.5 cm³/mol. The fraction of sp³-hybridized carbons (Fsp3) is 0.667. The molecule has 0 unspecified atom stereocenters. The van der Waals surface area contributed by atoms with Crippen LogP contribution in [-0.2, 0) is 13.0 Å². The van der Waals surface area contributed by atoms with E-state index in [1.165, 1.54) is 17.1 Å². The van der Waals surface area contributed by atoms with Crippen LogP contribution in [0.15, 0.2) is 5.38 Å². The van der Waals surface area contributed by atoms with Gasteiger partial charge in [0, 0.05) is 11.9 Å². The maximum atomic E-state index is 4.52. The van der Waals surface area contributed by atoms with Crippen LogP contribution < -0.4 is 0 Å². The number of thiazole rings is 1. The molecule has 68 valence electrons. The third-order valence-electron chi connectivity index (χ3n) is 1.56. The smallest absolute Gasteiger partial charge is 0.107 e. The molecule has 0 aliphatic carbocycles. The molecule has 0 aromatic carbocycles. The summed E-state index contributed by atoms with van der Waals surface area (Å²) < 4.78 is 0. The number of hydrogen-bond acceptors (Lipinski definition) is 3. The third-order valence-corrected chi connectivity index (χ3v) is 2.44. The molecule has 1 rings (SSSR count). The first-order chi connectivity index (χ1) is 5.72. The zero-order chi connectivity index (χ0) is 8.97. The van der Waals surface area contributed by atoms with Crippen molar-refractivity contribution in [2.24, 2.45) is 0 Å². The largest absolute Gasteiger partial charge is 0.303 e. The molecule has 0 atom stereocenters. The summed E-state index contributed by atoms with van der Waals surface area (Å²) in [7, 11) is 4.14. The average molecular weight is 184 g/mol. The summed E-state index contributed by atoms with van der Waals surface area (Å²) in [5.74, 6) is 0. The Morgan fingerprint density at radius 1 is 1.50 bits per heavy atom. The lowest BCUT2D eigenvalue weighted by atomic mass is 10.3. The molecule has 1 heterocycles. The highest BCUT2D eigenvalue weighted by Gasteiger charge is 2.01. The van der Waals surface area contributed by atoms with E-state index in [0.29, 0.717) is 0 Å². The van der Waals surface area contributed by atoms with Crippen molar-refractivity contribution < 1.29 is 0 Å². The number of nitrogens with zero attached hydrogens (tertiary/aromatic N) is 2. The highest BCUT2D eigenvalue weighted by molar-refractivity contribution is 7.09. The summed E-state index contributed by atoms with van der Waals surface area (Å²) in [5, 5.41) is 3.39. The van der Waals surface area contributed by atoms with Crippen LogP contribution in [0.25, 0.3) is 0 Å². The van der Waals surface area contributed by atoms with E-state index in [2.05, 4.69) is 36.3 Å². The zero-order valence-electron chi connectivity index (χ0n) is 8.00. The molecule has 0 bridgehead atoms. The van der Waals surface area contributed by atoms with Crippen molar-refractivity contribution in [1.82, 2.24) is 9.88 Å². The maximum absolute atomic E-state index is 4.52. The van der Waals surface area contributed by atoms with Gasteiger partial charge in [-0.3, -0.25) is 0 Å². The molecule has 0 saturated carbocycles. The van der Waals surface area contributed by atoms with Crippen molar-refractivity contribution in [2.45, 2.75) is 26.3 Å². The van der Waals surface area contributed by atoms with Crippen LogP contribution in [0.1, 0.15) is 24.0 Å². The molecule has 12 heavy (non-hydrogen) atoms. The first-order valence-corrected chi connectivity index (χ1v) is 5.18. The van der Waals surface area contributed by atoms with Gasteiger partial charge in [-0.25, -0.2) is 4.98 Å². The minimum atomic E-state index is 0.967. The Labute approximate surface area is 78.2 Å². The molecule has 1 aromatic rings. The van der Waals surface area contributed by atoms with Crippen molar-refractivity contribution in [3.8, 4) is 0 Å². The Morgan fingerprint density at radius 2 is 2.25 bits per heavy atom. The van der Waals surface area contributed by atoms with Crippen LogP contribution in [0.4, 0.5) is 0 Å². The Hall–Kier alpha value is -0.410. The van der Waals surface area contributed by atoms with E-state index in [0.717, 1.165) is 13.0 Å². The van der Waals surface area contributed by atoms with Crippen LogP contribution in [0.5, 0.6) is 0 Å². The minimum absolute atomic E-state index is 0.967. The standard InChI is InChI=1S/C9H16N2S/c1-4-5-8-7-12-9(10-8)6-11(2)3/h7H,4-6H2,1-3H3. The van der Waals surface area contributed by atoms with E-state index >= 15 is 0 Å². The molecular weight excluding hydrogens is 168 g/mol. The number of aryl methyl sites for hydroxylation is 1. The van der Waals surface area contributed by atoms with E-state index in [1.54, 1.807) is 11.3 Å². The van der Waals surface area contributed by atoms with Gasteiger partial charge in [-0.05, 0) is 20.5 Å². The van der Waals surface area contributed by atoms with Crippen molar-refractivity contribution in [3.05, 3.63) is 16.1 Å². The van der Waals surface area contributed by atoms with Crippen molar-refractivity contribution >= 4 is 11.3 Å². The van der Waals surface area contributed by atoms with E-state index < -0.39 is 0 Å². The Balaban J connectivity index is 2.52. The summed E-state index contributed by atoms with van der Waals surface area (Å²) in [6.07, 6.45) is 2.30. The molecule has 0 aliphatic rings. The van der Waals surface area contributed by atoms with Crippen LogP contribution in [0.3, 0.4) is 0 Å². The Morgan fingerprint density at radius 3 is 2.83 bits per heavy atom. The Bertz CT molecular complexity index is 230. The SMILES string of the molecule is CCCc1csc(CN(C)C)n1. The van der Waals surface area contributed by atoms with Gasteiger partial charge in [0.05, 0.1) is 5.69 Å². The zero-order valence-corrected chi connectivity index (χ0v) is 8.82. The van der Waals surface area contributed by atoms with Gasteiger partial charge in [0.2, 0.25) is 0 Å². The highest BCUT2D eigenvalue weighted by atomic mass is 32.1. The topological polar surface area (TPSA) is 16.1 Å². The van der Waals surface area contributed by atoms with Gasteiger partial charge in [-0.2, -0.15) is 0 Å². The van der Waals surface area contributed by atoms with Crippen molar-refractivity contribution in [1.29, 1.82) is 0 Å². The second kappa shape index (κ2) is 4.58. The van der Waals surface area contributed by atoms with E-state index in [1.807, 2.05) is 0 Å². The second-order valence-electron chi connectivity index (χ2n) is 3.22. The summed E-state index contributed by atoms with van der Waals surface area (Å²) >= 11 is 1.77. The summed E-state index contributed by atoms with van der Waals surface area (Å²) in [6, 6.07) is 0. The van der Waals surface area contributed by atoms with E-state index in [4.69, 9.17) is 0 Å². The maximum Gasteiger partial charge on any atom is 0.107 e. The first-order valence-electron chi connectivity index (χ1n) is 4.30. The summed E-state index contributed by atoms with van der Waals surface area (Å²) in [5.41, 5.74) is 1.25. The fourth-order valence-corrected chi connectivity index (χ4v) is 2.01. The normalized spacial score (nSPS) is 11.0. The third kappa shape index (κ3) is 2.91. The summed E-state index contributed by atoms with van der Waals surface area (Å²) in [6.45, 7) is 3.15. The molecule has 0 N–H and O–H groups in total. The number of hydrogen-bond donors (Lipinski definition) is 0. The van der Waals surface area contributed by atoms with Crippen molar-refractivity contribution in [2.75, 3.05) is 14.1 Å². The predicted octanol–water partition coefficient (Wildman–Crippen LogP) is 2.16. The molecule has 1 aromatic heterocycles. The van der Waals surface area contributed by atoms with Gasteiger partial charge in [-0.1, -0.05) is 13.3 Å². The van der Waals surface area contributed by atoms with Crippen LogP contribution in [0, 0.1) is 0 Å². The van der Waals surface area contributed by atoms with Gasteiger partial charge in [0.1, 0.15) is 5.01 Å².